The molecule has 1 N–H and O–H groups in total. The molecule has 0 spiro atoms. The molecular weight excluding hydrogens is 208 g/mol. The maximum atomic E-state index is 5.89. The van der Waals surface area contributed by atoms with Crippen LogP contribution in [0.25, 0.3) is 0 Å². The van der Waals surface area contributed by atoms with Gasteiger partial charge in [0.2, 0.25) is 0 Å². The number of piperidine rings is 1. The molecule has 1 saturated heterocycles. The van der Waals surface area contributed by atoms with Gasteiger partial charge in [0.1, 0.15) is 0 Å². The lowest BCUT2D eigenvalue weighted by atomic mass is 10.0. The predicted octanol–water partition coefficient (Wildman–Crippen LogP) is 2.35. The van der Waals surface area contributed by atoms with E-state index < -0.39 is 0 Å². The molecule has 0 aromatic heterocycles. The summed E-state index contributed by atoms with van der Waals surface area (Å²) in [5, 5.41) is 4.39. The first-order valence-electron chi connectivity index (χ1n) is 6.06. The van der Waals surface area contributed by atoms with Crippen LogP contribution in [-0.4, -0.2) is 36.6 Å². The van der Waals surface area contributed by atoms with Crippen molar-refractivity contribution in [3.05, 3.63) is 11.6 Å². The van der Waals surface area contributed by atoms with E-state index in [4.69, 9.17) is 11.6 Å². The molecule has 2 fully saturated rings. The molecule has 0 aromatic rings. The van der Waals surface area contributed by atoms with Crippen molar-refractivity contribution in [3.8, 4) is 0 Å². The van der Waals surface area contributed by atoms with Gasteiger partial charge in [-0.1, -0.05) is 24.6 Å². The average molecular weight is 229 g/mol. The zero-order chi connectivity index (χ0) is 10.7. The summed E-state index contributed by atoms with van der Waals surface area (Å²) in [4.78, 5) is 2.48. The molecule has 1 unspecified atom stereocenters. The molecule has 1 aliphatic carbocycles. The number of hydrogen-bond acceptors (Lipinski definition) is 2. The molecule has 1 atom stereocenters. The Morgan fingerprint density at radius 1 is 1.33 bits per heavy atom. The SMILES string of the molecule is C=C(Cl)CN1CCCCC1CNC1CC1. The summed E-state index contributed by atoms with van der Waals surface area (Å²) in [6.45, 7) is 6.97. The third kappa shape index (κ3) is 3.78. The summed E-state index contributed by atoms with van der Waals surface area (Å²) in [6.07, 6.45) is 6.72. The first kappa shape index (κ1) is 11.4. The van der Waals surface area contributed by atoms with Crippen LogP contribution >= 0.6 is 11.6 Å². The van der Waals surface area contributed by atoms with Gasteiger partial charge in [0.25, 0.3) is 0 Å². The molecule has 0 radical (unpaired) electrons. The molecule has 3 heteroatoms. The van der Waals surface area contributed by atoms with Crippen LogP contribution in [-0.2, 0) is 0 Å². The van der Waals surface area contributed by atoms with E-state index in [0.29, 0.717) is 6.04 Å². The molecule has 86 valence electrons. The smallest absolute Gasteiger partial charge is 0.0339 e. The Hall–Kier alpha value is -0.0500. The van der Waals surface area contributed by atoms with Crippen LogP contribution in [0.15, 0.2) is 11.6 Å². The molecule has 15 heavy (non-hydrogen) atoms. The number of likely N-dealkylation sites (tertiary alicyclic amines) is 1. The van der Waals surface area contributed by atoms with Crippen molar-refractivity contribution < 1.29 is 0 Å². The number of halogens is 1. The largest absolute Gasteiger partial charge is 0.312 e. The minimum Gasteiger partial charge on any atom is -0.312 e. The van der Waals surface area contributed by atoms with E-state index in [1.54, 1.807) is 0 Å². The minimum absolute atomic E-state index is 0.676. The van der Waals surface area contributed by atoms with Crippen LogP contribution < -0.4 is 5.32 Å². The third-order valence-electron chi connectivity index (χ3n) is 3.34. The molecule has 0 aromatic carbocycles. The summed E-state index contributed by atoms with van der Waals surface area (Å²) in [7, 11) is 0. The lowest BCUT2D eigenvalue weighted by molar-refractivity contribution is 0.160. The van der Waals surface area contributed by atoms with E-state index in [0.717, 1.165) is 24.2 Å². The molecule has 2 rings (SSSR count). The van der Waals surface area contributed by atoms with E-state index in [2.05, 4.69) is 16.8 Å². The number of hydrogen-bond donors (Lipinski definition) is 1. The monoisotopic (exact) mass is 228 g/mol. The second kappa shape index (κ2) is 5.33. The Balaban J connectivity index is 1.78. The Kier molecular flexibility index (Phi) is 4.06. The van der Waals surface area contributed by atoms with Gasteiger partial charge in [0.15, 0.2) is 0 Å². The van der Waals surface area contributed by atoms with Crippen molar-refractivity contribution in [2.45, 2.75) is 44.2 Å². The molecule has 0 bridgehead atoms. The van der Waals surface area contributed by atoms with Crippen molar-refractivity contribution in [3.63, 3.8) is 0 Å². The molecule has 2 aliphatic rings. The van der Waals surface area contributed by atoms with Gasteiger partial charge >= 0.3 is 0 Å². The molecule has 2 nitrogen and oxygen atoms in total. The maximum Gasteiger partial charge on any atom is 0.0339 e. The Labute approximate surface area is 97.7 Å². The van der Waals surface area contributed by atoms with Gasteiger partial charge in [-0.15, -0.1) is 0 Å². The summed E-state index contributed by atoms with van der Waals surface area (Å²) >= 11 is 5.89. The normalized spacial score (nSPS) is 27.9. The third-order valence-corrected chi connectivity index (χ3v) is 3.46. The van der Waals surface area contributed by atoms with Crippen LogP contribution in [0.3, 0.4) is 0 Å². The first-order valence-corrected chi connectivity index (χ1v) is 6.44. The van der Waals surface area contributed by atoms with Gasteiger partial charge < -0.3 is 5.32 Å². The van der Waals surface area contributed by atoms with Gasteiger partial charge in [-0.05, 0) is 32.2 Å². The zero-order valence-electron chi connectivity index (χ0n) is 9.34. The summed E-state index contributed by atoms with van der Waals surface area (Å²) in [6, 6.07) is 1.49. The van der Waals surface area contributed by atoms with Gasteiger partial charge in [-0.25, -0.2) is 0 Å². The highest BCUT2D eigenvalue weighted by Gasteiger charge is 2.26. The van der Waals surface area contributed by atoms with Crippen molar-refractivity contribution in [1.82, 2.24) is 10.2 Å². The fourth-order valence-electron chi connectivity index (χ4n) is 2.31. The van der Waals surface area contributed by atoms with Crippen LogP contribution in [0.1, 0.15) is 32.1 Å². The van der Waals surface area contributed by atoms with E-state index in [-0.39, 0.29) is 0 Å². The van der Waals surface area contributed by atoms with Crippen molar-refractivity contribution in [2.24, 2.45) is 0 Å². The average Bonchev–Trinajstić information content (AvgIpc) is 2.99. The fourth-order valence-corrected chi connectivity index (χ4v) is 2.46. The fraction of sp³-hybridized carbons (Fsp3) is 0.833. The number of rotatable bonds is 5. The summed E-state index contributed by atoms with van der Waals surface area (Å²) in [5.74, 6) is 0. The van der Waals surface area contributed by atoms with E-state index in [1.807, 2.05) is 0 Å². The van der Waals surface area contributed by atoms with Gasteiger partial charge in [0.05, 0.1) is 0 Å². The second-order valence-electron chi connectivity index (χ2n) is 4.82. The Morgan fingerprint density at radius 2 is 2.13 bits per heavy atom. The highest BCUT2D eigenvalue weighted by Crippen LogP contribution is 2.22. The molecule has 1 heterocycles. The van der Waals surface area contributed by atoms with Gasteiger partial charge in [-0.2, -0.15) is 0 Å². The van der Waals surface area contributed by atoms with Crippen molar-refractivity contribution in [2.75, 3.05) is 19.6 Å². The lowest BCUT2D eigenvalue weighted by Gasteiger charge is -2.35. The van der Waals surface area contributed by atoms with E-state index in [1.165, 1.54) is 38.6 Å². The molecule has 1 aliphatic heterocycles. The molecule has 1 saturated carbocycles. The topological polar surface area (TPSA) is 15.3 Å². The number of nitrogens with one attached hydrogen (secondary N) is 1. The first-order chi connectivity index (χ1) is 7.25. The Morgan fingerprint density at radius 3 is 2.80 bits per heavy atom. The van der Waals surface area contributed by atoms with Crippen LogP contribution in [0.4, 0.5) is 0 Å². The lowest BCUT2D eigenvalue weighted by Crippen LogP contribution is -2.46. The minimum atomic E-state index is 0.676. The van der Waals surface area contributed by atoms with E-state index in [9.17, 15) is 0 Å². The highest BCUT2D eigenvalue weighted by molar-refractivity contribution is 6.29. The summed E-state index contributed by atoms with van der Waals surface area (Å²) < 4.78 is 0. The van der Waals surface area contributed by atoms with Crippen LogP contribution in [0, 0.1) is 0 Å². The van der Waals surface area contributed by atoms with Gasteiger partial charge in [0, 0.05) is 30.2 Å². The predicted molar refractivity (Wildman–Crippen MR) is 65.2 cm³/mol. The maximum absolute atomic E-state index is 5.89. The highest BCUT2D eigenvalue weighted by atomic mass is 35.5. The summed E-state index contributed by atoms with van der Waals surface area (Å²) in [5.41, 5.74) is 0. The quantitative estimate of drug-likeness (QED) is 0.777. The Bertz CT molecular complexity index is 226. The van der Waals surface area contributed by atoms with Crippen LogP contribution in [0.5, 0.6) is 0 Å². The standard InChI is InChI=1S/C12H21ClN2/c1-10(13)9-15-7-3-2-4-12(15)8-14-11-5-6-11/h11-12,14H,1-9H2. The van der Waals surface area contributed by atoms with E-state index >= 15 is 0 Å². The van der Waals surface area contributed by atoms with Crippen molar-refractivity contribution >= 4 is 11.6 Å². The van der Waals surface area contributed by atoms with Crippen LogP contribution in [0.2, 0.25) is 0 Å². The zero-order valence-corrected chi connectivity index (χ0v) is 10.1. The van der Waals surface area contributed by atoms with Crippen molar-refractivity contribution in [1.29, 1.82) is 0 Å². The molecule has 0 amide bonds. The van der Waals surface area contributed by atoms with Gasteiger partial charge in [-0.3, -0.25) is 4.90 Å². The molecular formula is C12H21ClN2. The number of nitrogens with zero attached hydrogens (tertiary/aromatic N) is 1. The second-order valence-corrected chi connectivity index (χ2v) is 5.35.